The van der Waals surface area contributed by atoms with Gasteiger partial charge in [0, 0.05) is 26.5 Å². The van der Waals surface area contributed by atoms with Gasteiger partial charge in [-0.2, -0.15) is 0 Å². The molecule has 7 heteroatoms. The normalized spacial score (nSPS) is 10.0. The van der Waals surface area contributed by atoms with Crippen molar-refractivity contribution in [3.63, 3.8) is 0 Å². The van der Waals surface area contributed by atoms with Crippen molar-refractivity contribution >= 4 is 62.4 Å². The highest BCUT2D eigenvalue weighted by Gasteiger charge is 2.06. The molecule has 0 unspecified atom stereocenters. The number of nitrogens with zero attached hydrogens (tertiary/aromatic N) is 3. The van der Waals surface area contributed by atoms with Gasteiger partial charge in [0.1, 0.15) is 17.2 Å². The molecule has 0 aliphatic rings. The molecule has 21 heavy (non-hydrogen) atoms. The molecule has 2 N–H and O–H groups in total. The lowest BCUT2D eigenvalue weighted by Crippen LogP contribution is -1.98. The highest BCUT2D eigenvalue weighted by Crippen LogP contribution is 2.11. The Hall–Kier alpha value is -1.23. The molecule has 0 aliphatic heterocycles. The van der Waals surface area contributed by atoms with E-state index in [1.54, 1.807) is 25.4 Å². The van der Waals surface area contributed by atoms with Crippen LogP contribution in [0.5, 0.6) is 0 Å². The predicted molar refractivity (Wildman–Crippen MR) is 99.3 cm³/mol. The second-order valence-corrected chi connectivity index (χ2v) is 6.67. The zero-order valence-electron chi connectivity index (χ0n) is 11.1. The predicted octanol–water partition coefficient (Wildman–Crippen LogP) is 3.41. The maximum Gasteiger partial charge on any atom is 0.178 e. The molecule has 108 valence electrons. The van der Waals surface area contributed by atoms with Gasteiger partial charge in [0.25, 0.3) is 0 Å². The number of rotatable bonds is 1. The molecule has 0 fully saturated rings. The summed E-state index contributed by atoms with van der Waals surface area (Å²) in [7, 11) is 0. The minimum absolute atomic E-state index is 0.0366. The molecule has 3 aromatic rings. The van der Waals surface area contributed by atoms with Crippen molar-refractivity contribution in [3.05, 3.63) is 55.7 Å². The van der Waals surface area contributed by atoms with Crippen LogP contribution < -0.4 is 5.73 Å². The van der Waals surface area contributed by atoms with Gasteiger partial charge in [0.15, 0.2) is 5.78 Å². The number of hydrogen-bond acceptors (Lipinski definition) is 4. The van der Waals surface area contributed by atoms with Crippen LogP contribution >= 0.6 is 45.2 Å². The van der Waals surface area contributed by atoms with Crippen LogP contribution in [0.2, 0.25) is 0 Å². The van der Waals surface area contributed by atoms with Gasteiger partial charge in [0.2, 0.25) is 0 Å². The number of ketones is 1. The van der Waals surface area contributed by atoms with Crippen molar-refractivity contribution < 1.29 is 4.79 Å². The van der Waals surface area contributed by atoms with E-state index in [9.17, 15) is 4.79 Å². The number of halogens is 2. The third kappa shape index (κ3) is 4.37. The summed E-state index contributed by atoms with van der Waals surface area (Å²) < 4.78 is 4.01. The monoisotopic (exact) mass is 506 g/mol. The SMILES string of the molecule is CC(=O)c1cnc2ccc(I)cn12.Nc1ccc(I)cn1. The van der Waals surface area contributed by atoms with E-state index in [1.807, 2.05) is 28.8 Å². The number of carbonyl (C=O) groups excluding carboxylic acids is 1. The van der Waals surface area contributed by atoms with Crippen molar-refractivity contribution in [3.8, 4) is 0 Å². The summed E-state index contributed by atoms with van der Waals surface area (Å²) >= 11 is 4.38. The average Bonchev–Trinajstić information content (AvgIpc) is 2.86. The van der Waals surface area contributed by atoms with Crippen LogP contribution in [0.3, 0.4) is 0 Å². The van der Waals surface area contributed by atoms with Crippen LogP contribution in [0.1, 0.15) is 17.4 Å². The summed E-state index contributed by atoms with van der Waals surface area (Å²) in [6.07, 6.45) is 5.24. The molecule has 0 amide bonds. The topological polar surface area (TPSA) is 73.3 Å². The molecule has 0 aliphatic carbocycles. The fourth-order valence-electron chi connectivity index (χ4n) is 1.60. The molecule has 3 rings (SSSR count). The smallest absolute Gasteiger partial charge is 0.178 e. The van der Waals surface area contributed by atoms with E-state index < -0.39 is 0 Å². The van der Waals surface area contributed by atoms with Crippen LogP contribution in [0.25, 0.3) is 5.65 Å². The van der Waals surface area contributed by atoms with Gasteiger partial charge in [-0.25, -0.2) is 9.97 Å². The summed E-state index contributed by atoms with van der Waals surface area (Å²) in [6, 6.07) is 7.56. The first-order chi connectivity index (χ1) is 9.97. The summed E-state index contributed by atoms with van der Waals surface area (Å²) in [5, 5.41) is 0. The van der Waals surface area contributed by atoms with Gasteiger partial charge in [-0.1, -0.05) is 0 Å². The Bertz CT molecular complexity index is 747. The molecule has 0 atom stereocenters. The lowest BCUT2D eigenvalue weighted by atomic mass is 10.3. The standard InChI is InChI=1S/C9H7IN2O.C5H5IN2/c1-6(13)8-4-11-9-3-2-7(10)5-12(8)9;6-4-1-2-5(7)8-3-4/h2-5H,1H3;1-3H,(H2,7,8). The summed E-state index contributed by atoms with van der Waals surface area (Å²) in [5.74, 6) is 0.611. The first kappa shape index (κ1) is 16.1. The minimum Gasteiger partial charge on any atom is -0.384 e. The van der Waals surface area contributed by atoms with Crippen molar-refractivity contribution in [2.24, 2.45) is 0 Å². The molecule has 5 nitrogen and oxygen atoms in total. The molecule has 0 saturated heterocycles. The number of aromatic nitrogens is 3. The van der Waals surface area contributed by atoms with E-state index >= 15 is 0 Å². The van der Waals surface area contributed by atoms with Crippen molar-refractivity contribution in [2.45, 2.75) is 6.92 Å². The molecule has 3 aromatic heterocycles. The van der Waals surface area contributed by atoms with Crippen LogP contribution in [0.15, 0.2) is 42.9 Å². The number of hydrogen-bond donors (Lipinski definition) is 1. The van der Waals surface area contributed by atoms with Crippen LogP contribution in [0, 0.1) is 7.14 Å². The van der Waals surface area contributed by atoms with E-state index in [0.717, 1.165) is 12.8 Å². The third-order valence-corrected chi connectivity index (χ3v) is 3.86. The Morgan fingerprint density at radius 1 is 1.10 bits per heavy atom. The fourth-order valence-corrected chi connectivity index (χ4v) is 2.38. The van der Waals surface area contributed by atoms with Crippen molar-refractivity contribution in [2.75, 3.05) is 5.73 Å². The van der Waals surface area contributed by atoms with Crippen LogP contribution in [-0.2, 0) is 0 Å². The zero-order valence-corrected chi connectivity index (χ0v) is 15.4. The van der Waals surface area contributed by atoms with Gasteiger partial charge in [0.05, 0.1) is 6.20 Å². The average molecular weight is 506 g/mol. The lowest BCUT2D eigenvalue weighted by Gasteiger charge is -1.97. The zero-order chi connectivity index (χ0) is 15.4. The summed E-state index contributed by atoms with van der Waals surface area (Å²) in [6.45, 7) is 1.54. The Labute approximate surface area is 149 Å². The number of fused-ring (bicyclic) bond motifs is 1. The molecule has 0 radical (unpaired) electrons. The quantitative estimate of drug-likeness (QED) is 0.406. The molecule has 0 aromatic carbocycles. The number of carbonyl (C=O) groups is 1. The largest absolute Gasteiger partial charge is 0.384 e. The van der Waals surface area contributed by atoms with Gasteiger partial charge in [-0.3, -0.25) is 9.20 Å². The number of anilines is 1. The van der Waals surface area contributed by atoms with Gasteiger partial charge >= 0.3 is 0 Å². The number of nitrogen functional groups attached to an aromatic ring is 1. The molecule has 0 spiro atoms. The van der Waals surface area contributed by atoms with E-state index in [0.29, 0.717) is 11.5 Å². The summed E-state index contributed by atoms with van der Waals surface area (Å²) in [5.41, 5.74) is 6.76. The molecule has 0 saturated carbocycles. The Balaban J connectivity index is 0.000000173. The maximum absolute atomic E-state index is 11.2. The van der Waals surface area contributed by atoms with E-state index in [1.165, 1.54) is 0 Å². The third-order valence-electron chi connectivity index (χ3n) is 2.58. The second-order valence-electron chi connectivity index (χ2n) is 4.18. The van der Waals surface area contributed by atoms with E-state index in [-0.39, 0.29) is 5.78 Å². The molecule has 0 bridgehead atoms. The number of nitrogens with two attached hydrogens (primary N) is 1. The van der Waals surface area contributed by atoms with Crippen LogP contribution in [-0.4, -0.2) is 20.2 Å². The first-order valence-electron chi connectivity index (χ1n) is 5.98. The van der Waals surface area contributed by atoms with E-state index in [2.05, 4.69) is 55.1 Å². The summed E-state index contributed by atoms with van der Waals surface area (Å²) in [4.78, 5) is 19.1. The number of imidazole rings is 1. The minimum atomic E-state index is 0.0366. The molecular formula is C14H12I2N4O. The Morgan fingerprint density at radius 3 is 2.38 bits per heavy atom. The number of pyridine rings is 2. The maximum atomic E-state index is 11.2. The Kier molecular flexibility index (Phi) is 5.51. The molecular weight excluding hydrogens is 494 g/mol. The highest BCUT2D eigenvalue weighted by atomic mass is 127. The second kappa shape index (κ2) is 7.16. The van der Waals surface area contributed by atoms with Crippen LogP contribution in [0.4, 0.5) is 5.82 Å². The first-order valence-corrected chi connectivity index (χ1v) is 8.13. The van der Waals surface area contributed by atoms with Gasteiger partial charge in [-0.05, 0) is 69.4 Å². The Morgan fingerprint density at radius 2 is 1.81 bits per heavy atom. The highest BCUT2D eigenvalue weighted by molar-refractivity contribution is 14.1. The van der Waals surface area contributed by atoms with Crippen molar-refractivity contribution in [1.82, 2.24) is 14.4 Å². The van der Waals surface area contributed by atoms with Gasteiger partial charge in [-0.15, -0.1) is 0 Å². The molecule has 3 heterocycles. The number of Topliss-reactive ketones (excluding diaryl/α,β-unsaturated/α-hetero) is 1. The van der Waals surface area contributed by atoms with E-state index in [4.69, 9.17) is 5.73 Å². The fraction of sp³-hybridized carbons (Fsp3) is 0.0714. The van der Waals surface area contributed by atoms with Gasteiger partial charge < -0.3 is 5.73 Å². The van der Waals surface area contributed by atoms with Crippen molar-refractivity contribution in [1.29, 1.82) is 0 Å². The lowest BCUT2D eigenvalue weighted by molar-refractivity contribution is 0.101.